The fourth-order valence-corrected chi connectivity index (χ4v) is 2.86. The minimum Gasteiger partial charge on any atom is -0.326 e. The lowest BCUT2D eigenvalue weighted by molar-refractivity contribution is -0.114. The molecule has 0 fully saturated rings. The number of anilines is 2. The van der Waals surface area contributed by atoms with Gasteiger partial charge in [-0.1, -0.05) is 19.1 Å². The molecule has 2 aromatic carbocycles. The lowest BCUT2D eigenvalue weighted by Crippen LogP contribution is -2.36. The van der Waals surface area contributed by atoms with Crippen molar-refractivity contribution in [3.05, 3.63) is 89.7 Å². The maximum Gasteiger partial charge on any atom is 0.257 e. The number of hydrogen-bond acceptors (Lipinski definition) is 4. The Kier molecular flexibility index (Phi) is 7.48. The number of nitrogens with one attached hydrogen (secondary N) is 3. The molecule has 0 saturated heterocycles. The van der Waals surface area contributed by atoms with E-state index in [4.69, 9.17) is 0 Å². The van der Waals surface area contributed by atoms with E-state index in [-0.39, 0.29) is 11.8 Å². The summed E-state index contributed by atoms with van der Waals surface area (Å²) in [5.74, 6) is -0.121. The summed E-state index contributed by atoms with van der Waals surface area (Å²) in [5, 5.41) is 8.74. The highest BCUT2D eigenvalue weighted by molar-refractivity contribution is 6.10. The fourth-order valence-electron chi connectivity index (χ4n) is 2.86. The number of aromatic nitrogens is 1. The van der Waals surface area contributed by atoms with E-state index < -0.39 is 0 Å². The first-order chi connectivity index (χ1) is 15.0. The number of carbonyl (C=O) groups excluding carboxylic acids is 2. The molecule has 1 aromatic heterocycles. The Morgan fingerprint density at radius 1 is 0.903 bits per heavy atom. The lowest BCUT2D eigenvalue weighted by Gasteiger charge is -2.13. The van der Waals surface area contributed by atoms with Crippen molar-refractivity contribution < 1.29 is 9.59 Å². The largest absolute Gasteiger partial charge is 0.326 e. The van der Waals surface area contributed by atoms with Gasteiger partial charge in [-0.05, 0) is 66.1 Å². The topological polar surface area (TPSA) is 95.5 Å². The van der Waals surface area contributed by atoms with Crippen molar-refractivity contribution in [2.24, 2.45) is 4.99 Å². The number of aliphatic imine (C=N–C) groups is 1. The van der Waals surface area contributed by atoms with Crippen molar-refractivity contribution in [3.63, 3.8) is 0 Å². The molecule has 3 rings (SSSR count). The van der Waals surface area contributed by atoms with Crippen LogP contribution >= 0.6 is 0 Å². The number of benzene rings is 2. The van der Waals surface area contributed by atoms with Crippen molar-refractivity contribution in [3.8, 4) is 0 Å². The number of guanidine groups is 1. The van der Waals surface area contributed by atoms with Crippen LogP contribution in [-0.2, 0) is 17.8 Å². The van der Waals surface area contributed by atoms with Gasteiger partial charge in [0.25, 0.3) is 5.91 Å². The van der Waals surface area contributed by atoms with Crippen LogP contribution in [0.3, 0.4) is 0 Å². The van der Waals surface area contributed by atoms with Gasteiger partial charge in [-0.15, -0.1) is 0 Å². The second-order valence-corrected chi connectivity index (χ2v) is 6.91. The maximum absolute atomic E-state index is 12.8. The number of hydrogen-bond donors (Lipinski definition) is 3. The number of pyridine rings is 1. The number of aryl methyl sites for hydroxylation is 1. The van der Waals surface area contributed by atoms with E-state index in [0.29, 0.717) is 23.8 Å². The van der Waals surface area contributed by atoms with Crippen molar-refractivity contribution in [1.82, 2.24) is 10.3 Å². The smallest absolute Gasteiger partial charge is 0.257 e. The summed E-state index contributed by atoms with van der Waals surface area (Å²) in [7, 11) is 0. The van der Waals surface area contributed by atoms with E-state index in [0.717, 1.165) is 17.7 Å². The molecule has 7 nitrogen and oxygen atoms in total. The van der Waals surface area contributed by atoms with E-state index in [1.807, 2.05) is 36.4 Å². The minimum absolute atomic E-state index is 0.166. The highest BCUT2D eigenvalue weighted by atomic mass is 16.2. The number of nitrogens with zero attached hydrogens (tertiary/aromatic N) is 2. The Morgan fingerprint density at radius 3 is 2.32 bits per heavy atom. The second-order valence-electron chi connectivity index (χ2n) is 6.91. The molecule has 158 valence electrons. The molecule has 31 heavy (non-hydrogen) atoms. The van der Waals surface area contributed by atoms with Crippen LogP contribution in [0.4, 0.5) is 11.4 Å². The maximum atomic E-state index is 12.8. The van der Waals surface area contributed by atoms with Crippen LogP contribution in [0.25, 0.3) is 0 Å². The summed E-state index contributed by atoms with van der Waals surface area (Å²) in [4.78, 5) is 32.5. The van der Waals surface area contributed by atoms with E-state index in [1.165, 1.54) is 12.5 Å². The van der Waals surface area contributed by atoms with Crippen LogP contribution in [0.1, 0.15) is 35.3 Å². The molecule has 0 spiro atoms. The summed E-state index contributed by atoms with van der Waals surface area (Å²) >= 11 is 0. The highest BCUT2D eigenvalue weighted by Crippen LogP contribution is 2.12. The van der Waals surface area contributed by atoms with Gasteiger partial charge in [0.1, 0.15) is 0 Å². The highest BCUT2D eigenvalue weighted by Gasteiger charge is 2.10. The zero-order valence-corrected chi connectivity index (χ0v) is 17.6. The second kappa shape index (κ2) is 10.7. The van der Waals surface area contributed by atoms with Crippen molar-refractivity contribution in [1.29, 1.82) is 0 Å². The Balaban J connectivity index is 1.77. The Morgan fingerprint density at radius 2 is 1.65 bits per heavy atom. The first-order valence-corrected chi connectivity index (χ1v) is 10.0. The lowest BCUT2D eigenvalue weighted by atomic mass is 10.1. The van der Waals surface area contributed by atoms with E-state index in [1.54, 1.807) is 36.7 Å². The predicted octanol–water partition coefficient (Wildman–Crippen LogP) is 4.00. The SMILES string of the molecule is CCc1cccc(NC(=NCc2ccncc2)NC(=O)c2ccc(NC(C)=O)cc2)c1. The standard InChI is InChI=1S/C24H25N5O2/c1-3-18-5-4-6-22(15-18)28-24(26-16-19-11-13-25-14-12-19)29-23(31)20-7-9-21(10-8-20)27-17(2)30/h4-15H,3,16H2,1-2H3,(H,27,30)(H2,26,28,29,31). The first kappa shape index (κ1) is 21.7. The van der Waals surface area contributed by atoms with Crippen LogP contribution in [-0.4, -0.2) is 22.8 Å². The molecule has 0 aliphatic heterocycles. The number of rotatable bonds is 6. The Labute approximate surface area is 181 Å². The van der Waals surface area contributed by atoms with Gasteiger partial charge >= 0.3 is 0 Å². The van der Waals surface area contributed by atoms with E-state index in [9.17, 15) is 9.59 Å². The number of carbonyl (C=O) groups is 2. The Bertz CT molecular complexity index is 1060. The average molecular weight is 415 g/mol. The molecule has 3 aromatic rings. The summed E-state index contributed by atoms with van der Waals surface area (Å²) in [6.45, 7) is 3.91. The third-order valence-electron chi connectivity index (χ3n) is 4.47. The van der Waals surface area contributed by atoms with E-state index >= 15 is 0 Å². The molecule has 0 unspecified atom stereocenters. The molecule has 1 heterocycles. The summed E-state index contributed by atoms with van der Waals surface area (Å²) in [6.07, 6.45) is 4.32. The van der Waals surface area contributed by atoms with Gasteiger partial charge in [0.2, 0.25) is 11.9 Å². The molecule has 0 atom stereocenters. The van der Waals surface area contributed by atoms with Crippen molar-refractivity contribution in [2.45, 2.75) is 26.8 Å². The summed E-state index contributed by atoms with van der Waals surface area (Å²) in [6, 6.07) is 18.4. The van der Waals surface area contributed by atoms with Gasteiger partial charge in [-0.3, -0.25) is 19.9 Å². The Hall–Kier alpha value is -4.00. The molecular formula is C24H25N5O2. The molecule has 0 aliphatic carbocycles. The van der Waals surface area contributed by atoms with Gasteiger partial charge in [0, 0.05) is 36.3 Å². The fraction of sp³-hybridized carbons (Fsp3) is 0.167. The average Bonchev–Trinajstić information content (AvgIpc) is 2.78. The van der Waals surface area contributed by atoms with Gasteiger partial charge in [0.05, 0.1) is 6.54 Å². The zero-order valence-electron chi connectivity index (χ0n) is 17.6. The third-order valence-corrected chi connectivity index (χ3v) is 4.47. The molecule has 2 amide bonds. The summed E-state index contributed by atoms with van der Waals surface area (Å²) < 4.78 is 0. The van der Waals surface area contributed by atoms with Crippen LogP contribution in [0, 0.1) is 0 Å². The van der Waals surface area contributed by atoms with Crippen LogP contribution in [0.2, 0.25) is 0 Å². The summed E-state index contributed by atoms with van der Waals surface area (Å²) in [5.41, 5.74) is 4.08. The molecule has 7 heteroatoms. The minimum atomic E-state index is -0.304. The van der Waals surface area contributed by atoms with Crippen molar-refractivity contribution >= 4 is 29.1 Å². The third kappa shape index (κ3) is 6.78. The first-order valence-electron chi connectivity index (χ1n) is 10.0. The van der Waals surface area contributed by atoms with Gasteiger partial charge < -0.3 is 10.6 Å². The van der Waals surface area contributed by atoms with Gasteiger partial charge in [-0.2, -0.15) is 0 Å². The van der Waals surface area contributed by atoms with E-state index in [2.05, 4.69) is 32.9 Å². The monoisotopic (exact) mass is 415 g/mol. The van der Waals surface area contributed by atoms with Crippen LogP contribution in [0.5, 0.6) is 0 Å². The van der Waals surface area contributed by atoms with Gasteiger partial charge in [0.15, 0.2) is 0 Å². The zero-order chi connectivity index (χ0) is 22.1. The number of amides is 2. The molecule has 3 N–H and O–H groups in total. The van der Waals surface area contributed by atoms with Crippen LogP contribution in [0.15, 0.2) is 78.0 Å². The molecular weight excluding hydrogens is 390 g/mol. The normalized spacial score (nSPS) is 11.0. The molecule has 0 aliphatic rings. The molecule has 0 radical (unpaired) electrons. The van der Waals surface area contributed by atoms with Gasteiger partial charge in [-0.25, -0.2) is 4.99 Å². The molecule has 0 saturated carbocycles. The quantitative estimate of drug-likeness (QED) is 0.419. The molecule has 0 bridgehead atoms. The van der Waals surface area contributed by atoms with Crippen LogP contribution < -0.4 is 16.0 Å². The van der Waals surface area contributed by atoms with Crippen molar-refractivity contribution in [2.75, 3.05) is 10.6 Å². The predicted molar refractivity (Wildman–Crippen MR) is 123 cm³/mol.